The van der Waals surface area contributed by atoms with Crippen molar-refractivity contribution >= 4 is 60.9 Å². The second kappa shape index (κ2) is 11.9. The van der Waals surface area contributed by atoms with E-state index in [1.807, 2.05) is 12.1 Å². The monoisotopic (exact) mass is 795 g/mol. The summed E-state index contributed by atoms with van der Waals surface area (Å²) in [6.45, 7) is 4.69. The zero-order valence-electron chi connectivity index (χ0n) is 34.1. The normalized spacial score (nSPS) is 14.7. The summed E-state index contributed by atoms with van der Waals surface area (Å²) in [7, 11) is 0. The van der Waals surface area contributed by atoms with E-state index >= 15 is 0 Å². The Morgan fingerprint density at radius 1 is 0.403 bits per heavy atom. The van der Waals surface area contributed by atoms with Gasteiger partial charge in [-0.1, -0.05) is 141 Å². The van der Waals surface area contributed by atoms with Crippen molar-refractivity contribution in [2.45, 2.75) is 24.7 Å². The molecule has 14 rings (SSSR count). The summed E-state index contributed by atoms with van der Waals surface area (Å²) >= 11 is 0. The molecule has 0 unspecified atom stereocenters. The van der Waals surface area contributed by atoms with Crippen LogP contribution in [0.15, 0.2) is 197 Å². The molecule has 0 saturated heterocycles. The molecule has 3 heterocycles. The number of furan rings is 2. The van der Waals surface area contributed by atoms with E-state index in [1.54, 1.807) is 0 Å². The van der Waals surface area contributed by atoms with E-state index in [0.717, 1.165) is 83.6 Å². The average Bonchev–Trinajstić information content (AvgIpc) is 4.03. The first kappa shape index (κ1) is 34.0. The third-order valence-electron chi connectivity index (χ3n) is 14.1. The highest BCUT2D eigenvalue weighted by atomic mass is 16.5. The van der Waals surface area contributed by atoms with Crippen LogP contribution in [0, 0.1) is 0 Å². The molecular weight excluding hydrogens is 759 g/mol. The Kier molecular flexibility index (Phi) is 6.53. The summed E-state index contributed by atoms with van der Waals surface area (Å²) in [5.41, 5.74) is 18.0. The molecule has 62 heavy (non-hydrogen) atoms. The molecule has 0 N–H and O–H groups in total. The van der Waals surface area contributed by atoms with E-state index in [-0.39, 0.29) is 5.41 Å². The Morgan fingerprint density at radius 2 is 1.02 bits per heavy atom. The molecule has 292 valence electrons. The first-order valence-corrected chi connectivity index (χ1v) is 21.4. The van der Waals surface area contributed by atoms with Gasteiger partial charge in [-0.3, -0.25) is 0 Å². The number of benzene rings is 9. The van der Waals surface area contributed by atoms with E-state index in [4.69, 9.17) is 13.6 Å². The molecule has 2 aromatic heterocycles. The van der Waals surface area contributed by atoms with Gasteiger partial charge in [-0.05, 0) is 99.6 Å². The third kappa shape index (κ3) is 4.21. The van der Waals surface area contributed by atoms with E-state index < -0.39 is 5.41 Å². The molecule has 0 atom stereocenters. The molecule has 0 fully saturated rings. The fourth-order valence-corrected chi connectivity index (χ4v) is 11.5. The molecule has 3 aliphatic rings. The number of hydrogen-bond donors (Lipinski definition) is 0. The van der Waals surface area contributed by atoms with Crippen LogP contribution >= 0.6 is 0 Å². The van der Waals surface area contributed by atoms with Gasteiger partial charge in [0.15, 0.2) is 0 Å². The van der Waals surface area contributed by atoms with Gasteiger partial charge in [0.2, 0.25) is 0 Å². The van der Waals surface area contributed by atoms with E-state index in [1.165, 1.54) is 44.5 Å². The molecule has 4 heteroatoms. The van der Waals surface area contributed by atoms with Crippen LogP contribution in [-0.4, -0.2) is 0 Å². The van der Waals surface area contributed by atoms with Crippen molar-refractivity contribution in [3.8, 4) is 33.8 Å². The molecule has 0 saturated carbocycles. The largest absolute Gasteiger partial charge is 0.457 e. The number of hydrogen-bond acceptors (Lipinski definition) is 4. The van der Waals surface area contributed by atoms with Gasteiger partial charge in [-0.15, -0.1) is 0 Å². The van der Waals surface area contributed by atoms with Crippen molar-refractivity contribution in [2.24, 2.45) is 0 Å². The predicted octanol–water partition coefficient (Wildman–Crippen LogP) is 15.7. The first-order valence-electron chi connectivity index (χ1n) is 21.4. The zero-order valence-corrected chi connectivity index (χ0v) is 34.1. The highest BCUT2D eigenvalue weighted by Crippen LogP contribution is 2.63. The van der Waals surface area contributed by atoms with Crippen LogP contribution < -0.4 is 9.64 Å². The minimum Gasteiger partial charge on any atom is -0.457 e. The maximum atomic E-state index is 6.89. The summed E-state index contributed by atoms with van der Waals surface area (Å²) in [5.74, 6) is 1.73. The molecule has 0 radical (unpaired) electrons. The van der Waals surface area contributed by atoms with Gasteiger partial charge in [0.05, 0.1) is 16.5 Å². The second-order valence-electron chi connectivity index (χ2n) is 17.5. The van der Waals surface area contributed by atoms with Gasteiger partial charge in [-0.2, -0.15) is 0 Å². The van der Waals surface area contributed by atoms with Crippen molar-refractivity contribution in [1.29, 1.82) is 0 Å². The molecule has 1 spiro atoms. The number of para-hydroxylation sites is 3. The molecule has 1 aliphatic heterocycles. The Hall–Kier alpha value is -7.82. The van der Waals surface area contributed by atoms with Gasteiger partial charge in [0.25, 0.3) is 0 Å². The van der Waals surface area contributed by atoms with Crippen LogP contribution in [0.3, 0.4) is 0 Å². The lowest BCUT2D eigenvalue weighted by molar-refractivity contribution is 0.436. The third-order valence-corrected chi connectivity index (χ3v) is 14.1. The van der Waals surface area contributed by atoms with Crippen LogP contribution in [0.5, 0.6) is 11.5 Å². The van der Waals surface area contributed by atoms with Gasteiger partial charge in [0.1, 0.15) is 33.8 Å². The number of anilines is 3. The van der Waals surface area contributed by atoms with E-state index in [2.05, 4.69) is 195 Å². The van der Waals surface area contributed by atoms with Crippen molar-refractivity contribution in [2.75, 3.05) is 4.90 Å². The highest BCUT2D eigenvalue weighted by molar-refractivity contribution is 6.14. The van der Waals surface area contributed by atoms with Crippen LogP contribution in [0.25, 0.3) is 66.1 Å². The predicted molar refractivity (Wildman–Crippen MR) is 251 cm³/mol. The van der Waals surface area contributed by atoms with Crippen molar-refractivity contribution in [3.63, 3.8) is 0 Å². The first-order chi connectivity index (χ1) is 30.5. The lowest BCUT2D eigenvalue weighted by atomic mass is 9.66. The highest BCUT2D eigenvalue weighted by Gasteiger charge is 2.51. The molecule has 4 nitrogen and oxygen atoms in total. The average molecular weight is 796 g/mol. The Labute approximate surface area is 357 Å². The summed E-state index contributed by atoms with van der Waals surface area (Å²) in [4.78, 5) is 2.43. The summed E-state index contributed by atoms with van der Waals surface area (Å²) in [6, 6.07) is 67.9. The maximum absolute atomic E-state index is 6.89. The van der Waals surface area contributed by atoms with Crippen LogP contribution in [0.1, 0.15) is 47.2 Å². The van der Waals surface area contributed by atoms with Gasteiger partial charge >= 0.3 is 0 Å². The molecule has 11 aromatic rings. The van der Waals surface area contributed by atoms with Crippen molar-refractivity contribution in [3.05, 3.63) is 221 Å². The Morgan fingerprint density at radius 3 is 1.81 bits per heavy atom. The Balaban J connectivity index is 1.05. The van der Waals surface area contributed by atoms with Crippen molar-refractivity contribution < 1.29 is 13.6 Å². The minimum absolute atomic E-state index is 0.289. The van der Waals surface area contributed by atoms with Gasteiger partial charge in [0, 0.05) is 49.6 Å². The van der Waals surface area contributed by atoms with E-state index in [9.17, 15) is 0 Å². The fourth-order valence-electron chi connectivity index (χ4n) is 11.5. The molecule has 2 aliphatic carbocycles. The van der Waals surface area contributed by atoms with E-state index in [0.29, 0.717) is 0 Å². The Bertz CT molecular complexity index is 3690. The second-order valence-corrected chi connectivity index (χ2v) is 17.5. The lowest BCUT2D eigenvalue weighted by Crippen LogP contribution is -2.32. The molecule has 0 bridgehead atoms. The smallest absolute Gasteiger partial charge is 0.143 e. The summed E-state index contributed by atoms with van der Waals surface area (Å²) in [5, 5.41) is 4.44. The number of ether oxygens (including phenoxy) is 1. The topological polar surface area (TPSA) is 38.8 Å². The molecule has 0 amide bonds. The SMILES string of the molecule is CC1(C)c2cc(N(c3ccc4c(c3)C3(c5ccccc5O4)c4ccccc4-c4ccccc43)c3cccc4oc5ccccc5c34)ccc2-c2c1ccc1c2oc2ccccc21. The zero-order chi connectivity index (χ0) is 40.9. The number of rotatable bonds is 3. The van der Waals surface area contributed by atoms with Crippen molar-refractivity contribution in [1.82, 2.24) is 0 Å². The lowest BCUT2D eigenvalue weighted by Gasteiger charge is -2.40. The fraction of sp³-hybridized carbons (Fsp3) is 0.0690. The minimum atomic E-state index is -0.604. The quantitative estimate of drug-likeness (QED) is 0.179. The van der Waals surface area contributed by atoms with Gasteiger partial charge < -0.3 is 18.5 Å². The summed E-state index contributed by atoms with van der Waals surface area (Å²) < 4.78 is 20.1. The summed E-state index contributed by atoms with van der Waals surface area (Å²) in [6.07, 6.45) is 0. The maximum Gasteiger partial charge on any atom is 0.143 e. The van der Waals surface area contributed by atoms with Crippen LogP contribution in [-0.2, 0) is 10.8 Å². The molecule has 9 aromatic carbocycles. The number of nitrogens with zero attached hydrogens (tertiary/aromatic N) is 1. The standard InChI is InChI=1S/C58H37NO3/c1-57(2)45-30-29-39-38-16-5-10-22-49(38)62-56(39)54(45)40-28-26-34(32-46(40)57)59(48-21-13-25-53-55(48)41-17-6-11-23-50(41)60-53)35-27-31-52-47(33-35)58(44-20-9-12-24-51(44)61-52)42-18-7-3-14-36(42)37-15-4-8-19-43(37)58/h3-33H,1-2H3. The molecular formula is C58H37NO3. The van der Waals surface area contributed by atoms with Crippen LogP contribution in [0.4, 0.5) is 17.1 Å². The van der Waals surface area contributed by atoms with Crippen LogP contribution in [0.2, 0.25) is 0 Å². The van der Waals surface area contributed by atoms with Gasteiger partial charge in [-0.25, -0.2) is 0 Å². The number of fused-ring (bicyclic) bond motifs is 19.